The largest absolute Gasteiger partial charge is 0.392 e. The third kappa shape index (κ3) is 6.19. The molecule has 2 aliphatic heterocycles. The first-order valence-electron chi connectivity index (χ1n) is 13.1. The van der Waals surface area contributed by atoms with Gasteiger partial charge in [-0.2, -0.15) is 0 Å². The number of carbonyl (C=O) groups excluding carboxylic acids is 1. The summed E-state index contributed by atoms with van der Waals surface area (Å²) in [4.78, 5) is 24.9. The molecule has 2 aliphatic rings. The van der Waals surface area contributed by atoms with E-state index in [1.54, 1.807) is 12.4 Å². The average Bonchev–Trinajstić information content (AvgIpc) is 2.95. The van der Waals surface area contributed by atoms with E-state index in [0.717, 1.165) is 61.0 Å². The van der Waals surface area contributed by atoms with Gasteiger partial charge >= 0.3 is 0 Å². The number of aliphatic hydroxyl groups excluding tert-OH is 1. The van der Waals surface area contributed by atoms with Crippen LogP contribution in [0.15, 0.2) is 67.0 Å². The number of aliphatic hydroxyl groups is 1. The number of carbonyl (C=O) groups is 1. The van der Waals surface area contributed by atoms with Gasteiger partial charge in [0.05, 0.1) is 18.8 Å². The first-order valence-corrected chi connectivity index (χ1v) is 13.1. The van der Waals surface area contributed by atoms with Crippen molar-refractivity contribution in [2.24, 2.45) is 5.92 Å². The molecule has 2 N–H and O–H groups in total. The van der Waals surface area contributed by atoms with Crippen LogP contribution < -0.4 is 10.2 Å². The quantitative estimate of drug-likeness (QED) is 0.491. The third-order valence-corrected chi connectivity index (χ3v) is 7.27. The van der Waals surface area contributed by atoms with E-state index < -0.39 is 6.29 Å². The number of anilines is 2. The highest BCUT2D eigenvalue weighted by Gasteiger charge is 2.39. The van der Waals surface area contributed by atoms with Gasteiger partial charge in [-0.15, -0.1) is 0 Å². The number of amides is 1. The minimum absolute atomic E-state index is 0.0103. The summed E-state index contributed by atoms with van der Waals surface area (Å²) in [6, 6.07) is 17.4. The Morgan fingerprint density at radius 2 is 1.63 bits per heavy atom. The van der Waals surface area contributed by atoms with Crippen LogP contribution in [0.3, 0.4) is 0 Å². The maximum atomic E-state index is 11.4. The Labute approximate surface area is 223 Å². The van der Waals surface area contributed by atoms with Crippen LogP contribution >= 0.6 is 0 Å². The van der Waals surface area contributed by atoms with Gasteiger partial charge in [0.15, 0.2) is 6.29 Å². The first kappa shape index (κ1) is 26.2. The number of benzene rings is 2. The van der Waals surface area contributed by atoms with Crippen LogP contribution in [0.5, 0.6) is 0 Å². The predicted molar refractivity (Wildman–Crippen MR) is 144 cm³/mol. The molecule has 38 heavy (non-hydrogen) atoms. The van der Waals surface area contributed by atoms with Crippen LogP contribution in [-0.4, -0.2) is 64.7 Å². The van der Waals surface area contributed by atoms with Gasteiger partial charge in [-0.1, -0.05) is 43.3 Å². The van der Waals surface area contributed by atoms with Gasteiger partial charge in [0.25, 0.3) is 0 Å². The molecule has 2 fully saturated rings. The van der Waals surface area contributed by atoms with Crippen LogP contribution in [0.25, 0.3) is 0 Å². The van der Waals surface area contributed by atoms with E-state index in [2.05, 4.69) is 32.0 Å². The van der Waals surface area contributed by atoms with Crippen molar-refractivity contribution in [2.75, 3.05) is 42.9 Å². The van der Waals surface area contributed by atoms with Crippen molar-refractivity contribution >= 4 is 17.5 Å². The topological polar surface area (TPSA) is 100 Å². The summed E-state index contributed by atoms with van der Waals surface area (Å²) in [5.74, 6) is 0.777. The van der Waals surface area contributed by atoms with E-state index >= 15 is 0 Å². The molecule has 0 aliphatic carbocycles. The molecule has 9 nitrogen and oxygen atoms in total. The van der Waals surface area contributed by atoms with Crippen LogP contribution in [-0.2, 0) is 20.9 Å². The molecular formula is C29H35N5O4. The summed E-state index contributed by atoms with van der Waals surface area (Å²) in [6.45, 7) is 8.00. The molecule has 4 atom stereocenters. The van der Waals surface area contributed by atoms with Crippen LogP contribution in [0.2, 0.25) is 0 Å². The van der Waals surface area contributed by atoms with Crippen molar-refractivity contribution in [3.63, 3.8) is 0 Å². The Hall–Kier alpha value is -3.37. The summed E-state index contributed by atoms with van der Waals surface area (Å²) >= 11 is 0. The average molecular weight is 518 g/mol. The number of rotatable bonds is 7. The van der Waals surface area contributed by atoms with Crippen molar-refractivity contribution < 1.29 is 19.4 Å². The van der Waals surface area contributed by atoms with E-state index in [4.69, 9.17) is 9.47 Å². The molecule has 1 aromatic heterocycles. The molecule has 200 valence electrons. The smallest absolute Gasteiger partial charge is 0.225 e. The summed E-state index contributed by atoms with van der Waals surface area (Å²) in [7, 11) is 0. The number of hydrogen-bond acceptors (Lipinski definition) is 8. The molecule has 2 saturated heterocycles. The highest BCUT2D eigenvalue weighted by Crippen LogP contribution is 2.42. The number of ether oxygens (including phenoxy) is 2. The monoisotopic (exact) mass is 517 g/mol. The predicted octanol–water partition coefficient (Wildman–Crippen LogP) is 3.54. The fraction of sp³-hybridized carbons (Fsp3) is 0.414. The highest BCUT2D eigenvalue weighted by molar-refractivity contribution is 5.88. The lowest BCUT2D eigenvalue weighted by atomic mass is 9.90. The van der Waals surface area contributed by atoms with E-state index in [0.29, 0.717) is 0 Å². The molecule has 5 rings (SSSR count). The summed E-state index contributed by atoms with van der Waals surface area (Å²) in [6.07, 6.45) is 2.81. The molecule has 0 saturated carbocycles. The number of hydrogen-bond donors (Lipinski definition) is 2. The number of nitrogens with zero attached hydrogens (tertiary/aromatic N) is 4. The molecule has 0 radical (unpaired) electrons. The molecule has 3 heterocycles. The second-order valence-electron chi connectivity index (χ2n) is 9.96. The minimum atomic E-state index is -0.538. The van der Waals surface area contributed by atoms with E-state index in [1.807, 2.05) is 54.6 Å². The molecule has 2 aromatic carbocycles. The van der Waals surface area contributed by atoms with Gasteiger partial charge < -0.3 is 24.8 Å². The normalized spacial score (nSPS) is 24.2. The summed E-state index contributed by atoms with van der Waals surface area (Å²) < 4.78 is 13.1. The van der Waals surface area contributed by atoms with E-state index in [-0.39, 0.29) is 30.6 Å². The van der Waals surface area contributed by atoms with Gasteiger partial charge in [0, 0.05) is 69.2 Å². The third-order valence-electron chi connectivity index (χ3n) is 7.27. The minimum Gasteiger partial charge on any atom is -0.392 e. The van der Waals surface area contributed by atoms with Crippen molar-refractivity contribution in [1.29, 1.82) is 0 Å². The number of nitrogens with one attached hydrogen (secondary N) is 1. The highest BCUT2D eigenvalue weighted by atomic mass is 16.7. The fourth-order valence-corrected chi connectivity index (χ4v) is 5.09. The lowest BCUT2D eigenvalue weighted by Crippen LogP contribution is -2.51. The lowest BCUT2D eigenvalue weighted by Gasteiger charge is -2.44. The Morgan fingerprint density at radius 3 is 2.26 bits per heavy atom. The number of aromatic nitrogens is 2. The Morgan fingerprint density at radius 1 is 0.974 bits per heavy atom. The molecule has 0 bridgehead atoms. The lowest BCUT2D eigenvalue weighted by molar-refractivity contribution is -0.276. The Kier molecular flexibility index (Phi) is 8.29. The Bertz CT molecular complexity index is 1180. The SMILES string of the molecule is CC(=O)Nc1ccc([C@H]2O[C@@H](CN3CCN(c4ncccn4)CC3)[C@@H](C)[C@@H](c3ccc(CO)cc3)O2)cc1. The van der Waals surface area contributed by atoms with Crippen LogP contribution in [0.1, 0.15) is 42.9 Å². The maximum Gasteiger partial charge on any atom is 0.225 e. The van der Waals surface area contributed by atoms with Gasteiger partial charge in [0.2, 0.25) is 11.9 Å². The van der Waals surface area contributed by atoms with E-state index in [1.165, 1.54) is 6.92 Å². The molecule has 0 spiro atoms. The second kappa shape index (κ2) is 12.0. The zero-order chi connectivity index (χ0) is 26.5. The summed E-state index contributed by atoms with van der Waals surface area (Å²) in [5, 5.41) is 12.3. The van der Waals surface area contributed by atoms with Crippen molar-refractivity contribution in [1.82, 2.24) is 14.9 Å². The van der Waals surface area contributed by atoms with E-state index in [9.17, 15) is 9.90 Å². The zero-order valence-corrected chi connectivity index (χ0v) is 21.9. The van der Waals surface area contributed by atoms with Crippen LogP contribution in [0.4, 0.5) is 11.6 Å². The van der Waals surface area contributed by atoms with Gasteiger partial charge in [-0.3, -0.25) is 9.69 Å². The fourth-order valence-electron chi connectivity index (χ4n) is 5.09. The molecule has 9 heteroatoms. The maximum absolute atomic E-state index is 11.4. The summed E-state index contributed by atoms with van der Waals surface area (Å²) in [5.41, 5.74) is 3.57. The number of piperazine rings is 1. The standard InChI is InChI=1S/C29H35N5O4/c1-20-26(18-33-14-16-34(17-15-33)29-30-12-3-13-31-29)37-28(24-8-10-25(11-9-24)32-21(2)36)38-27(20)23-6-4-22(19-35)5-7-23/h3-13,20,26-28,35H,14-19H2,1-2H3,(H,32,36)/t20-,26+,27+,28+/m1/s1. The van der Waals surface area contributed by atoms with Gasteiger partial charge in [-0.25, -0.2) is 9.97 Å². The van der Waals surface area contributed by atoms with Crippen molar-refractivity contribution in [3.05, 3.63) is 83.7 Å². The second-order valence-corrected chi connectivity index (χ2v) is 9.96. The molecule has 0 unspecified atom stereocenters. The molecule has 1 amide bonds. The zero-order valence-electron chi connectivity index (χ0n) is 21.9. The Balaban J connectivity index is 1.32. The van der Waals surface area contributed by atoms with Crippen molar-refractivity contribution in [3.8, 4) is 0 Å². The molecule has 3 aromatic rings. The first-order chi connectivity index (χ1) is 18.5. The molecular weight excluding hydrogens is 482 g/mol. The van der Waals surface area contributed by atoms with Crippen LogP contribution in [0, 0.1) is 5.92 Å². The van der Waals surface area contributed by atoms with Gasteiger partial charge in [-0.05, 0) is 29.3 Å². The van der Waals surface area contributed by atoms with Crippen molar-refractivity contribution in [2.45, 2.75) is 39.0 Å². The van der Waals surface area contributed by atoms with Gasteiger partial charge in [0.1, 0.15) is 0 Å².